The van der Waals surface area contributed by atoms with Crippen LogP contribution in [0.4, 0.5) is 5.69 Å². The van der Waals surface area contributed by atoms with Gasteiger partial charge in [-0.05, 0) is 52.9 Å². The van der Waals surface area contributed by atoms with Crippen LogP contribution in [0.2, 0.25) is 0 Å². The number of aromatic nitrogens is 1. The minimum atomic E-state index is -0.216. The summed E-state index contributed by atoms with van der Waals surface area (Å²) in [5.41, 5.74) is 5.37. The second-order valence-electron chi connectivity index (χ2n) is 5.59. The van der Waals surface area contributed by atoms with Gasteiger partial charge in [-0.2, -0.15) is 5.10 Å². The van der Waals surface area contributed by atoms with Gasteiger partial charge in [0.1, 0.15) is 0 Å². The zero-order valence-corrected chi connectivity index (χ0v) is 16.1. The summed E-state index contributed by atoms with van der Waals surface area (Å²) in [7, 11) is 0. The number of hydrazone groups is 1. The topological polar surface area (TPSA) is 58.4 Å². The maximum atomic E-state index is 11.9. The average Bonchev–Trinajstić information content (AvgIpc) is 3.00. The van der Waals surface area contributed by atoms with Gasteiger partial charge in [0.2, 0.25) is 0 Å². The first-order valence-electron chi connectivity index (χ1n) is 8.00. The molecule has 0 saturated heterocycles. The lowest BCUT2D eigenvalue weighted by molar-refractivity contribution is -0.119. The summed E-state index contributed by atoms with van der Waals surface area (Å²) in [6.07, 6.45) is 8.99. The Labute approximate surface area is 165 Å². The van der Waals surface area contributed by atoms with Crippen LogP contribution in [0.15, 0.2) is 59.8 Å². The first-order chi connectivity index (χ1) is 12.7. The lowest BCUT2D eigenvalue weighted by atomic mass is 10.2. The Morgan fingerprint density at radius 1 is 1.23 bits per heavy atom. The Hall–Kier alpha value is -2.79. The number of nitrogens with one attached hydrogen (secondary N) is 2. The molecule has 0 aliphatic rings. The van der Waals surface area contributed by atoms with Crippen molar-refractivity contribution in [2.75, 3.05) is 11.9 Å². The van der Waals surface area contributed by atoms with E-state index in [-0.39, 0.29) is 12.5 Å². The smallest absolute Gasteiger partial charge is 0.259 e. The lowest BCUT2D eigenvalue weighted by Gasteiger charge is -2.04. The second-order valence-corrected chi connectivity index (χ2v) is 6.83. The highest BCUT2D eigenvalue weighted by molar-refractivity contribution is 14.1. The van der Waals surface area contributed by atoms with Crippen molar-refractivity contribution in [1.82, 2.24) is 9.99 Å². The molecule has 26 heavy (non-hydrogen) atoms. The Morgan fingerprint density at radius 2 is 2.00 bits per heavy atom. The summed E-state index contributed by atoms with van der Waals surface area (Å²) in [4.78, 5) is 11.9. The van der Waals surface area contributed by atoms with Crippen molar-refractivity contribution in [2.45, 2.75) is 6.54 Å². The monoisotopic (exact) mass is 456 g/mol. The number of halogens is 1. The van der Waals surface area contributed by atoms with E-state index in [1.807, 2.05) is 59.3 Å². The molecule has 2 aromatic carbocycles. The molecule has 0 aliphatic heterocycles. The fraction of sp³-hybridized carbons (Fsp3) is 0.100. The molecular formula is C20H17IN4O. The number of hydrogen-bond acceptors (Lipinski definition) is 3. The van der Waals surface area contributed by atoms with Crippen LogP contribution in [0.3, 0.4) is 0 Å². The maximum absolute atomic E-state index is 11.9. The average molecular weight is 456 g/mol. The predicted octanol–water partition coefficient (Wildman–Crippen LogP) is 3.44. The Bertz CT molecular complexity index is 983. The highest BCUT2D eigenvalue weighted by atomic mass is 127. The number of benzene rings is 2. The number of hydrogen-bond donors (Lipinski definition) is 2. The SMILES string of the molecule is C#CCn1cc(/C=N\NC(=O)CNc2ccc(I)cc2)c2ccccc21. The molecule has 0 bridgehead atoms. The van der Waals surface area contributed by atoms with Crippen LogP contribution < -0.4 is 10.7 Å². The quantitative estimate of drug-likeness (QED) is 0.259. The number of amides is 1. The van der Waals surface area contributed by atoms with E-state index >= 15 is 0 Å². The molecule has 0 saturated carbocycles. The number of rotatable bonds is 6. The van der Waals surface area contributed by atoms with Gasteiger partial charge in [0.25, 0.3) is 5.91 Å². The van der Waals surface area contributed by atoms with Gasteiger partial charge >= 0.3 is 0 Å². The summed E-state index contributed by atoms with van der Waals surface area (Å²) in [6.45, 7) is 0.636. The van der Waals surface area contributed by atoms with E-state index in [0.717, 1.165) is 25.7 Å². The molecule has 3 rings (SSSR count). The highest BCUT2D eigenvalue weighted by Gasteiger charge is 2.06. The number of anilines is 1. The van der Waals surface area contributed by atoms with Crippen molar-refractivity contribution < 1.29 is 4.79 Å². The standard InChI is InChI=1S/C20H17IN4O/c1-2-11-25-14-15(18-5-3-4-6-19(18)25)12-23-24-20(26)13-22-17-9-7-16(21)8-10-17/h1,3-10,12,14,22H,11,13H2,(H,24,26)/b23-12-. The summed E-state index contributed by atoms with van der Waals surface area (Å²) in [5, 5.41) is 8.16. The molecule has 0 atom stereocenters. The van der Waals surface area contributed by atoms with Crippen LogP contribution in [0, 0.1) is 15.9 Å². The molecule has 1 aromatic heterocycles. The number of fused-ring (bicyclic) bond motifs is 1. The molecular weight excluding hydrogens is 439 g/mol. The van der Waals surface area contributed by atoms with E-state index in [2.05, 4.69) is 44.4 Å². The molecule has 0 aliphatic carbocycles. The molecule has 0 unspecified atom stereocenters. The zero-order chi connectivity index (χ0) is 18.4. The van der Waals surface area contributed by atoms with Crippen LogP contribution in [0.25, 0.3) is 10.9 Å². The Balaban J connectivity index is 1.61. The minimum absolute atomic E-state index is 0.150. The summed E-state index contributed by atoms with van der Waals surface area (Å²) in [5.74, 6) is 2.42. The van der Waals surface area contributed by atoms with Crippen LogP contribution in [-0.2, 0) is 11.3 Å². The Morgan fingerprint density at radius 3 is 2.77 bits per heavy atom. The number of carbonyl (C=O) groups is 1. The molecule has 130 valence electrons. The van der Waals surface area contributed by atoms with Crippen molar-refractivity contribution in [3.63, 3.8) is 0 Å². The molecule has 0 spiro atoms. The first kappa shape index (κ1) is 18.0. The van der Waals surface area contributed by atoms with Gasteiger partial charge in [0, 0.05) is 31.9 Å². The number of terminal acetylenes is 1. The fourth-order valence-electron chi connectivity index (χ4n) is 2.57. The summed E-state index contributed by atoms with van der Waals surface area (Å²) < 4.78 is 3.13. The van der Waals surface area contributed by atoms with E-state index in [0.29, 0.717) is 6.54 Å². The summed E-state index contributed by atoms with van der Waals surface area (Å²) >= 11 is 2.24. The zero-order valence-electron chi connectivity index (χ0n) is 13.9. The van der Waals surface area contributed by atoms with Crippen LogP contribution >= 0.6 is 22.6 Å². The fourth-order valence-corrected chi connectivity index (χ4v) is 2.93. The maximum Gasteiger partial charge on any atom is 0.259 e. The number of para-hydroxylation sites is 1. The normalized spacial score (nSPS) is 10.8. The van der Waals surface area contributed by atoms with Gasteiger partial charge < -0.3 is 9.88 Å². The van der Waals surface area contributed by atoms with Crippen molar-refractivity contribution in [1.29, 1.82) is 0 Å². The molecule has 3 aromatic rings. The van der Waals surface area contributed by atoms with Gasteiger partial charge in [-0.15, -0.1) is 6.42 Å². The van der Waals surface area contributed by atoms with Crippen molar-refractivity contribution in [3.05, 3.63) is 63.9 Å². The first-order valence-corrected chi connectivity index (χ1v) is 9.08. The van der Waals surface area contributed by atoms with Crippen LogP contribution in [0.1, 0.15) is 5.56 Å². The van der Waals surface area contributed by atoms with E-state index < -0.39 is 0 Å². The van der Waals surface area contributed by atoms with Gasteiger partial charge in [-0.1, -0.05) is 24.1 Å². The highest BCUT2D eigenvalue weighted by Crippen LogP contribution is 2.19. The predicted molar refractivity (Wildman–Crippen MR) is 114 cm³/mol. The molecule has 2 N–H and O–H groups in total. The number of carbonyl (C=O) groups excluding carboxylic acids is 1. The summed E-state index contributed by atoms with van der Waals surface area (Å²) in [6, 6.07) is 15.8. The van der Waals surface area contributed by atoms with Crippen molar-refractivity contribution in [3.8, 4) is 12.3 Å². The largest absolute Gasteiger partial charge is 0.376 e. The van der Waals surface area contributed by atoms with Gasteiger partial charge in [-0.25, -0.2) is 5.43 Å². The number of nitrogens with zero attached hydrogens (tertiary/aromatic N) is 2. The van der Waals surface area contributed by atoms with Gasteiger partial charge in [-0.3, -0.25) is 4.79 Å². The molecule has 1 amide bonds. The molecule has 0 radical (unpaired) electrons. The molecule has 5 nitrogen and oxygen atoms in total. The Kier molecular flexibility index (Phi) is 5.92. The van der Waals surface area contributed by atoms with E-state index in [1.165, 1.54) is 0 Å². The third-order valence-electron chi connectivity index (χ3n) is 3.77. The van der Waals surface area contributed by atoms with Gasteiger partial charge in [0.15, 0.2) is 0 Å². The van der Waals surface area contributed by atoms with Crippen molar-refractivity contribution >= 4 is 51.3 Å². The van der Waals surface area contributed by atoms with Crippen molar-refractivity contribution in [2.24, 2.45) is 5.10 Å². The lowest BCUT2D eigenvalue weighted by Crippen LogP contribution is -2.25. The third kappa shape index (κ3) is 4.43. The van der Waals surface area contributed by atoms with E-state index in [1.54, 1.807) is 6.21 Å². The minimum Gasteiger partial charge on any atom is -0.376 e. The third-order valence-corrected chi connectivity index (χ3v) is 4.49. The molecule has 0 fully saturated rings. The van der Waals surface area contributed by atoms with Gasteiger partial charge in [0.05, 0.1) is 19.3 Å². The van der Waals surface area contributed by atoms with Crippen LogP contribution in [-0.4, -0.2) is 23.2 Å². The molecule has 6 heteroatoms. The second kappa shape index (κ2) is 8.54. The molecule has 1 heterocycles. The van der Waals surface area contributed by atoms with Crippen LogP contribution in [0.5, 0.6) is 0 Å². The van der Waals surface area contributed by atoms with E-state index in [9.17, 15) is 4.79 Å². The van der Waals surface area contributed by atoms with E-state index in [4.69, 9.17) is 6.42 Å².